The number of hydrogen-bond acceptors (Lipinski definition) is 4. The summed E-state index contributed by atoms with van der Waals surface area (Å²) in [6.45, 7) is 5.45. The molecule has 0 radical (unpaired) electrons. The number of Topliss-reactive ketones (excluding diaryl/α,β-unsaturated/α-hetero) is 1. The van der Waals surface area contributed by atoms with Gasteiger partial charge in [0.25, 0.3) is 0 Å². The average Bonchev–Trinajstić information content (AvgIpc) is 3.06. The first kappa shape index (κ1) is 19.1. The van der Waals surface area contributed by atoms with Crippen LogP contribution in [0.4, 0.5) is 0 Å². The van der Waals surface area contributed by atoms with Gasteiger partial charge in [0, 0.05) is 23.1 Å². The Morgan fingerprint density at radius 3 is 2.68 bits per heavy atom. The minimum atomic E-state index is -0.571. The van der Waals surface area contributed by atoms with E-state index in [1.54, 1.807) is 0 Å². The third kappa shape index (κ3) is 3.95. The van der Waals surface area contributed by atoms with Crippen molar-refractivity contribution >= 4 is 23.5 Å². The van der Waals surface area contributed by atoms with Gasteiger partial charge in [0.2, 0.25) is 5.91 Å². The number of nitrogens with zero attached hydrogens (tertiary/aromatic N) is 1. The monoisotopic (exact) mass is 395 g/mol. The van der Waals surface area contributed by atoms with E-state index in [0.29, 0.717) is 48.9 Å². The number of benzene rings is 2. The zero-order chi connectivity index (χ0) is 19.7. The lowest BCUT2D eigenvalue weighted by Gasteiger charge is -2.34. The predicted molar refractivity (Wildman–Crippen MR) is 111 cm³/mol. The molecule has 0 aliphatic carbocycles. The SMILES string of the molecule is CC(C)Sc1ccc(CC(=O)N2CC[C@]3(CC(=O)c4ccccc4O3)C2)cc1. The lowest BCUT2D eigenvalue weighted by atomic mass is 9.89. The van der Waals surface area contributed by atoms with E-state index in [9.17, 15) is 9.59 Å². The molecular formula is C23H25NO3S. The second kappa shape index (κ2) is 7.63. The van der Waals surface area contributed by atoms with Gasteiger partial charge in [-0.1, -0.05) is 38.1 Å². The second-order valence-electron chi connectivity index (χ2n) is 7.93. The molecule has 4 rings (SSSR count). The van der Waals surface area contributed by atoms with Gasteiger partial charge in [0.15, 0.2) is 5.78 Å². The number of rotatable bonds is 4. The molecule has 0 aromatic heterocycles. The molecule has 4 nitrogen and oxygen atoms in total. The average molecular weight is 396 g/mol. The van der Waals surface area contributed by atoms with Gasteiger partial charge in [-0.05, 0) is 29.8 Å². The molecule has 1 saturated heterocycles. The van der Waals surface area contributed by atoms with E-state index in [2.05, 4.69) is 26.0 Å². The van der Waals surface area contributed by atoms with Gasteiger partial charge in [-0.25, -0.2) is 0 Å². The summed E-state index contributed by atoms with van der Waals surface area (Å²) in [4.78, 5) is 28.4. The highest BCUT2D eigenvalue weighted by molar-refractivity contribution is 7.99. The van der Waals surface area contributed by atoms with Crippen molar-refractivity contribution in [2.24, 2.45) is 0 Å². The molecule has 0 bridgehead atoms. The fraction of sp³-hybridized carbons (Fsp3) is 0.391. The molecule has 1 fully saturated rings. The van der Waals surface area contributed by atoms with E-state index in [4.69, 9.17) is 4.74 Å². The van der Waals surface area contributed by atoms with E-state index in [0.717, 1.165) is 5.56 Å². The first-order chi connectivity index (χ1) is 13.4. The van der Waals surface area contributed by atoms with Gasteiger partial charge in [0.05, 0.1) is 24.9 Å². The topological polar surface area (TPSA) is 46.6 Å². The first-order valence-electron chi connectivity index (χ1n) is 9.79. The number of fused-ring (bicyclic) bond motifs is 1. The number of carbonyl (C=O) groups excluding carboxylic acids is 2. The smallest absolute Gasteiger partial charge is 0.227 e. The van der Waals surface area contributed by atoms with Crippen molar-refractivity contribution in [1.82, 2.24) is 4.90 Å². The summed E-state index contributed by atoms with van der Waals surface area (Å²) in [6, 6.07) is 15.6. The van der Waals surface area contributed by atoms with Crippen LogP contribution in [0, 0.1) is 0 Å². The number of para-hydroxylation sites is 1. The molecule has 2 aliphatic rings. The Kier molecular flexibility index (Phi) is 5.19. The molecule has 2 aromatic carbocycles. The van der Waals surface area contributed by atoms with Crippen molar-refractivity contribution in [2.45, 2.75) is 48.9 Å². The zero-order valence-corrected chi connectivity index (χ0v) is 17.1. The minimum absolute atomic E-state index is 0.0936. The Morgan fingerprint density at radius 1 is 1.18 bits per heavy atom. The number of ether oxygens (including phenoxy) is 1. The zero-order valence-electron chi connectivity index (χ0n) is 16.3. The molecule has 0 N–H and O–H groups in total. The third-order valence-corrected chi connectivity index (χ3v) is 6.33. The summed E-state index contributed by atoms with van der Waals surface area (Å²) in [5.74, 6) is 0.844. The highest BCUT2D eigenvalue weighted by Gasteiger charge is 2.46. The minimum Gasteiger partial charge on any atom is -0.484 e. The van der Waals surface area contributed by atoms with E-state index in [1.165, 1.54) is 4.90 Å². The van der Waals surface area contributed by atoms with Crippen LogP contribution in [0.2, 0.25) is 0 Å². The lowest BCUT2D eigenvalue weighted by Crippen LogP contribution is -2.45. The quantitative estimate of drug-likeness (QED) is 0.722. The summed E-state index contributed by atoms with van der Waals surface area (Å²) in [7, 11) is 0. The maximum absolute atomic E-state index is 12.8. The van der Waals surface area contributed by atoms with Crippen molar-refractivity contribution in [3.05, 3.63) is 59.7 Å². The number of amides is 1. The van der Waals surface area contributed by atoms with Gasteiger partial charge >= 0.3 is 0 Å². The molecule has 0 unspecified atom stereocenters. The Hall–Kier alpha value is -2.27. The Morgan fingerprint density at radius 2 is 1.93 bits per heavy atom. The summed E-state index contributed by atoms with van der Waals surface area (Å²) in [5, 5.41) is 0.539. The highest BCUT2D eigenvalue weighted by Crippen LogP contribution is 2.38. The van der Waals surface area contributed by atoms with Gasteiger partial charge < -0.3 is 9.64 Å². The molecule has 2 aliphatic heterocycles. The van der Waals surface area contributed by atoms with Crippen LogP contribution in [0.3, 0.4) is 0 Å². The van der Waals surface area contributed by atoms with E-state index >= 15 is 0 Å². The second-order valence-corrected chi connectivity index (χ2v) is 9.58. The Bertz CT molecular complexity index is 893. The van der Waals surface area contributed by atoms with Crippen molar-refractivity contribution < 1.29 is 14.3 Å². The molecule has 146 valence electrons. The number of ketones is 1. The van der Waals surface area contributed by atoms with Crippen molar-refractivity contribution in [3.8, 4) is 5.75 Å². The summed E-state index contributed by atoms with van der Waals surface area (Å²) >= 11 is 1.82. The molecule has 1 atom stereocenters. The molecule has 28 heavy (non-hydrogen) atoms. The van der Waals surface area contributed by atoms with Crippen LogP contribution < -0.4 is 4.74 Å². The van der Waals surface area contributed by atoms with Crippen LogP contribution in [0.15, 0.2) is 53.4 Å². The number of carbonyl (C=O) groups is 2. The molecular weight excluding hydrogens is 370 g/mol. The largest absolute Gasteiger partial charge is 0.484 e. The molecule has 0 saturated carbocycles. The predicted octanol–water partition coefficient (Wildman–Crippen LogP) is 4.37. The molecule has 2 aromatic rings. The van der Waals surface area contributed by atoms with Crippen molar-refractivity contribution in [1.29, 1.82) is 0 Å². The molecule has 1 spiro atoms. The van der Waals surface area contributed by atoms with Crippen molar-refractivity contribution in [3.63, 3.8) is 0 Å². The first-order valence-corrected chi connectivity index (χ1v) is 10.7. The van der Waals surface area contributed by atoms with Crippen molar-refractivity contribution in [2.75, 3.05) is 13.1 Å². The molecule has 2 heterocycles. The van der Waals surface area contributed by atoms with Crippen LogP contribution in [-0.2, 0) is 11.2 Å². The Labute approximate surface area is 170 Å². The highest BCUT2D eigenvalue weighted by atomic mass is 32.2. The van der Waals surface area contributed by atoms with Gasteiger partial charge in [-0.15, -0.1) is 11.8 Å². The summed E-state index contributed by atoms with van der Waals surface area (Å²) < 4.78 is 6.22. The Balaban J connectivity index is 1.40. The molecule has 1 amide bonds. The van der Waals surface area contributed by atoms with E-state index < -0.39 is 5.60 Å². The number of likely N-dealkylation sites (tertiary alicyclic amines) is 1. The van der Waals surface area contributed by atoms with Crippen LogP contribution in [0.25, 0.3) is 0 Å². The van der Waals surface area contributed by atoms with E-state index in [1.807, 2.05) is 53.1 Å². The van der Waals surface area contributed by atoms with Crippen LogP contribution in [-0.4, -0.2) is 40.5 Å². The fourth-order valence-electron chi connectivity index (χ4n) is 3.97. The normalized spacial score (nSPS) is 21.1. The standard InChI is InChI=1S/C23H25NO3S/c1-16(2)28-18-9-7-17(8-10-18)13-22(26)24-12-11-23(15-24)14-20(25)19-5-3-4-6-21(19)27-23/h3-10,16H,11-15H2,1-2H3/t23-/m0/s1. The van der Waals surface area contributed by atoms with Crippen LogP contribution in [0.1, 0.15) is 42.6 Å². The summed E-state index contributed by atoms with van der Waals surface area (Å²) in [6.07, 6.45) is 1.42. The number of thioether (sulfide) groups is 1. The number of hydrogen-bond donors (Lipinski definition) is 0. The lowest BCUT2D eigenvalue weighted by molar-refractivity contribution is -0.130. The molecule has 5 heteroatoms. The van der Waals surface area contributed by atoms with Gasteiger partial charge in [0.1, 0.15) is 11.4 Å². The summed E-state index contributed by atoms with van der Waals surface area (Å²) in [5.41, 5.74) is 1.10. The van der Waals surface area contributed by atoms with Crippen LogP contribution in [0.5, 0.6) is 5.75 Å². The maximum Gasteiger partial charge on any atom is 0.227 e. The fourth-order valence-corrected chi connectivity index (χ4v) is 4.81. The van der Waals surface area contributed by atoms with Gasteiger partial charge in [-0.2, -0.15) is 0 Å². The van der Waals surface area contributed by atoms with Crippen LogP contribution >= 0.6 is 11.8 Å². The van der Waals surface area contributed by atoms with E-state index in [-0.39, 0.29) is 11.7 Å². The van der Waals surface area contributed by atoms with Gasteiger partial charge in [-0.3, -0.25) is 9.59 Å². The third-order valence-electron chi connectivity index (χ3n) is 5.32. The maximum atomic E-state index is 12.8.